The van der Waals surface area contributed by atoms with E-state index < -0.39 is 12.1 Å². The fourth-order valence-corrected chi connectivity index (χ4v) is 3.34. The van der Waals surface area contributed by atoms with Gasteiger partial charge in [0, 0.05) is 0 Å². The van der Waals surface area contributed by atoms with Crippen molar-refractivity contribution in [2.24, 2.45) is 0 Å². The van der Waals surface area contributed by atoms with Crippen LogP contribution in [0.4, 0.5) is 0 Å². The number of aliphatic hydroxyl groups is 2. The molecule has 2 N–H and O–H groups in total. The first-order valence-corrected chi connectivity index (χ1v) is 8.56. The number of carbonyl (C=O) groups is 2. The molecule has 6 heteroatoms. The quantitative estimate of drug-likeness (QED) is 0.815. The highest BCUT2D eigenvalue weighted by Crippen LogP contribution is 2.27. The lowest BCUT2D eigenvalue weighted by Crippen LogP contribution is -2.56. The smallest absolute Gasteiger partial charge is 0.243 e. The number of hydrogen-bond acceptors (Lipinski definition) is 4. The predicted molar refractivity (Wildman–Crippen MR) is 96.0 cm³/mol. The summed E-state index contributed by atoms with van der Waals surface area (Å²) in [5, 5.41) is 19.6. The van der Waals surface area contributed by atoms with Crippen LogP contribution in [-0.4, -0.2) is 58.1 Å². The average Bonchev–Trinajstić information content (AvgIpc) is 2.68. The molecule has 6 nitrogen and oxygen atoms in total. The van der Waals surface area contributed by atoms with Gasteiger partial charge in [-0.15, -0.1) is 0 Å². The Kier molecular flexibility index (Phi) is 5.65. The molecule has 26 heavy (non-hydrogen) atoms. The number of hydrogen-bond donors (Lipinski definition) is 2. The zero-order chi connectivity index (χ0) is 18.5. The molecule has 0 aromatic heterocycles. The summed E-state index contributed by atoms with van der Waals surface area (Å²) in [7, 11) is 0. The van der Waals surface area contributed by atoms with Crippen LogP contribution in [0.2, 0.25) is 0 Å². The highest BCUT2D eigenvalue weighted by Gasteiger charge is 2.37. The van der Waals surface area contributed by atoms with Gasteiger partial charge in [0.15, 0.2) is 0 Å². The third-order valence-electron chi connectivity index (χ3n) is 4.72. The summed E-state index contributed by atoms with van der Waals surface area (Å²) in [6, 6.07) is 17.2. The zero-order valence-electron chi connectivity index (χ0n) is 14.4. The molecule has 2 aromatic carbocycles. The highest BCUT2D eigenvalue weighted by atomic mass is 16.3. The molecular formula is C20H22N2O4. The van der Waals surface area contributed by atoms with E-state index in [1.165, 1.54) is 9.80 Å². The lowest BCUT2D eigenvalue weighted by atomic mass is 10.0. The van der Waals surface area contributed by atoms with Crippen molar-refractivity contribution < 1.29 is 19.8 Å². The second-order valence-electron chi connectivity index (χ2n) is 6.26. The molecule has 136 valence electrons. The molecule has 1 heterocycles. The minimum atomic E-state index is -0.556. The zero-order valence-corrected chi connectivity index (χ0v) is 14.4. The summed E-state index contributed by atoms with van der Waals surface area (Å²) in [5.41, 5.74) is 1.57. The second-order valence-corrected chi connectivity index (χ2v) is 6.26. The number of nitrogens with zero attached hydrogens (tertiary/aromatic N) is 2. The van der Waals surface area contributed by atoms with Gasteiger partial charge < -0.3 is 20.0 Å². The van der Waals surface area contributed by atoms with E-state index in [2.05, 4.69) is 0 Å². The van der Waals surface area contributed by atoms with Gasteiger partial charge in [0.1, 0.15) is 13.1 Å². The van der Waals surface area contributed by atoms with E-state index in [1.54, 1.807) is 0 Å². The fraction of sp³-hybridized carbons (Fsp3) is 0.300. The molecule has 1 aliphatic rings. The Hall–Kier alpha value is -2.70. The Bertz CT molecular complexity index is 685. The van der Waals surface area contributed by atoms with Crippen LogP contribution in [-0.2, 0) is 9.59 Å². The number of carbonyl (C=O) groups excluding carboxylic acids is 2. The minimum Gasteiger partial charge on any atom is -0.394 e. The van der Waals surface area contributed by atoms with Crippen molar-refractivity contribution in [3.05, 3.63) is 71.8 Å². The van der Waals surface area contributed by atoms with Crippen LogP contribution in [0.15, 0.2) is 60.7 Å². The maximum Gasteiger partial charge on any atom is 0.243 e. The van der Waals surface area contributed by atoms with Gasteiger partial charge in [-0.3, -0.25) is 9.59 Å². The maximum atomic E-state index is 12.7. The number of amides is 2. The molecule has 1 saturated heterocycles. The van der Waals surface area contributed by atoms with Crippen LogP contribution < -0.4 is 0 Å². The number of rotatable bonds is 6. The highest BCUT2D eigenvalue weighted by molar-refractivity contribution is 5.93. The van der Waals surface area contributed by atoms with Gasteiger partial charge in [0.25, 0.3) is 0 Å². The van der Waals surface area contributed by atoms with Gasteiger partial charge in [-0.25, -0.2) is 0 Å². The van der Waals surface area contributed by atoms with Crippen molar-refractivity contribution >= 4 is 11.8 Å². The molecule has 0 bridgehead atoms. The molecule has 2 atom stereocenters. The van der Waals surface area contributed by atoms with Crippen molar-refractivity contribution in [3.63, 3.8) is 0 Å². The van der Waals surface area contributed by atoms with Crippen molar-refractivity contribution in [1.29, 1.82) is 0 Å². The Morgan fingerprint density at radius 2 is 1.04 bits per heavy atom. The molecule has 1 aliphatic heterocycles. The first kappa shape index (κ1) is 18.1. The van der Waals surface area contributed by atoms with Crippen molar-refractivity contribution in [2.75, 3.05) is 26.3 Å². The van der Waals surface area contributed by atoms with Gasteiger partial charge in [-0.1, -0.05) is 60.7 Å². The van der Waals surface area contributed by atoms with Crippen LogP contribution in [0, 0.1) is 0 Å². The molecule has 0 unspecified atom stereocenters. The second kappa shape index (κ2) is 8.12. The van der Waals surface area contributed by atoms with E-state index in [1.807, 2.05) is 60.7 Å². The Labute approximate surface area is 152 Å². The van der Waals surface area contributed by atoms with Gasteiger partial charge in [0.2, 0.25) is 11.8 Å². The molecule has 2 aromatic rings. The molecule has 0 saturated carbocycles. The standard InChI is InChI=1S/C20H22N2O4/c23-13-17(15-7-3-1-4-8-15)21-11-20(26)22(12-19(21)25)18(14-24)16-9-5-2-6-10-16/h1-10,17-18,23-24H,11-14H2/t17-,18+. The van der Waals surface area contributed by atoms with Crippen LogP contribution in [0.3, 0.4) is 0 Å². The van der Waals surface area contributed by atoms with Crippen LogP contribution >= 0.6 is 0 Å². The molecule has 2 amide bonds. The molecule has 3 rings (SSSR count). The molecule has 1 fully saturated rings. The molecule has 0 radical (unpaired) electrons. The summed E-state index contributed by atoms with van der Waals surface area (Å²) in [4.78, 5) is 28.3. The van der Waals surface area contributed by atoms with Crippen LogP contribution in [0.1, 0.15) is 23.2 Å². The minimum absolute atomic E-state index is 0.123. The van der Waals surface area contributed by atoms with Crippen LogP contribution in [0.25, 0.3) is 0 Å². The van der Waals surface area contributed by atoms with Crippen molar-refractivity contribution in [1.82, 2.24) is 9.80 Å². The third-order valence-corrected chi connectivity index (χ3v) is 4.72. The first-order valence-electron chi connectivity index (χ1n) is 8.56. The average molecular weight is 354 g/mol. The van der Waals surface area contributed by atoms with Gasteiger partial charge in [-0.05, 0) is 11.1 Å². The Balaban J connectivity index is 1.81. The monoisotopic (exact) mass is 354 g/mol. The normalized spacial score (nSPS) is 17.3. The topological polar surface area (TPSA) is 81.1 Å². The van der Waals surface area contributed by atoms with Crippen LogP contribution in [0.5, 0.6) is 0 Å². The van der Waals surface area contributed by atoms with Gasteiger partial charge in [0.05, 0.1) is 25.3 Å². The maximum absolute atomic E-state index is 12.7. The Morgan fingerprint density at radius 3 is 1.35 bits per heavy atom. The van der Waals surface area contributed by atoms with E-state index in [9.17, 15) is 19.8 Å². The van der Waals surface area contributed by atoms with E-state index in [0.29, 0.717) is 0 Å². The van der Waals surface area contributed by atoms with E-state index in [0.717, 1.165) is 11.1 Å². The molecule has 0 spiro atoms. The summed E-state index contributed by atoms with van der Waals surface area (Å²) in [6.45, 7) is -0.763. The fourth-order valence-electron chi connectivity index (χ4n) is 3.34. The predicted octanol–water partition coefficient (Wildman–Crippen LogP) is 1.12. The Morgan fingerprint density at radius 1 is 0.692 bits per heavy atom. The van der Waals surface area contributed by atoms with Crippen molar-refractivity contribution in [3.8, 4) is 0 Å². The third kappa shape index (κ3) is 3.61. The summed E-state index contributed by atoms with van der Waals surface area (Å²) in [6.07, 6.45) is 0. The summed E-state index contributed by atoms with van der Waals surface area (Å²) in [5.74, 6) is -0.497. The SMILES string of the molecule is O=C1CN([C@@H](CO)c2ccccc2)C(=O)CN1[C@H](CO)c1ccccc1. The number of piperazine rings is 1. The lowest BCUT2D eigenvalue weighted by Gasteiger charge is -2.41. The van der Waals surface area contributed by atoms with E-state index in [4.69, 9.17) is 0 Å². The molecular weight excluding hydrogens is 332 g/mol. The largest absolute Gasteiger partial charge is 0.394 e. The summed E-state index contributed by atoms with van der Waals surface area (Å²) < 4.78 is 0. The van der Waals surface area contributed by atoms with E-state index >= 15 is 0 Å². The van der Waals surface area contributed by atoms with E-state index in [-0.39, 0.29) is 38.1 Å². The number of benzene rings is 2. The summed E-state index contributed by atoms with van der Waals surface area (Å²) >= 11 is 0. The number of aliphatic hydroxyl groups excluding tert-OH is 2. The van der Waals surface area contributed by atoms with Gasteiger partial charge in [-0.2, -0.15) is 0 Å². The van der Waals surface area contributed by atoms with Crippen molar-refractivity contribution in [2.45, 2.75) is 12.1 Å². The van der Waals surface area contributed by atoms with Gasteiger partial charge >= 0.3 is 0 Å². The lowest BCUT2D eigenvalue weighted by molar-refractivity contribution is -0.156. The molecule has 0 aliphatic carbocycles. The first-order chi connectivity index (χ1) is 12.7.